The second-order valence-corrected chi connectivity index (χ2v) is 11.4. The minimum atomic E-state index is -1.50. The van der Waals surface area contributed by atoms with Crippen LogP contribution in [0.3, 0.4) is 0 Å². The van der Waals surface area contributed by atoms with Gasteiger partial charge in [0.15, 0.2) is 8.32 Å². The van der Waals surface area contributed by atoms with Gasteiger partial charge in [0.1, 0.15) is 0 Å². The predicted octanol–water partition coefficient (Wildman–Crippen LogP) is 5.17. The number of halogens is 1. The number of unbranched alkanes of at least 4 members (excludes halogenated alkanes) is 2. The third-order valence-electron chi connectivity index (χ3n) is 3.29. The summed E-state index contributed by atoms with van der Waals surface area (Å²) in [7, 11) is -1.50. The maximum Gasteiger partial charge on any atom is 0.191 e. The third-order valence-corrected chi connectivity index (χ3v) is 8.34. The Morgan fingerprint density at radius 3 is 2.25 bits per heavy atom. The molecule has 96 valence electrons. The van der Waals surface area contributed by atoms with E-state index in [1.807, 2.05) is 0 Å². The normalized spacial score (nSPS) is 13.6. The van der Waals surface area contributed by atoms with E-state index in [0.29, 0.717) is 5.04 Å². The van der Waals surface area contributed by atoms with Crippen molar-refractivity contribution in [3.63, 3.8) is 0 Å². The highest BCUT2D eigenvalue weighted by Crippen LogP contribution is 2.36. The average molecular weight is 354 g/mol. The van der Waals surface area contributed by atoms with Crippen molar-refractivity contribution >= 4 is 30.9 Å². The Balaban J connectivity index is 3.63. The Morgan fingerprint density at radius 1 is 1.12 bits per heavy atom. The molecular formula is C13H27IOSi. The summed E-state index contributed by atoms with van der Waals surface area (Å²) in [5, 5.41) is 0.341. The zero-order valence-corrected chi connectivity index (χ0v) is 14.6. The summed E-state index contributed by atoms with van der Waals surface area (Å²) >= 11 is 2.37. The van der Waals surface area contributed by atoms with Gasteiger partial charge in [-0.15, -0.1) is 0 Å². The lowest BCUT2D eigenvalue weighted by atomic mass is 10.2. The highest BCUT2D eigenvalue weighted by atomic mass is 127. The maximum absolute atomic E-state index is 6.11. The van der Waals surface area contributed by atoms with E-state index in [9.17, 15) is 0 Å². The van der Waals surface area contributed by atoms with E-state index >= 15 is 0 Å². The number of hydrogen-bond donors (Lipinski definition) is 0. The van der Waals surface area contributed by atoms with Gasteiger partial charge in [0, 0.05) is 11.0 Å². The minimum absolute atomic E-state index is 0.341. The molecule has 0 rings (SSSR count). The predicted molar refractivity (Wildman–Crippen MR) is 85.0 cm³/mol. The molecule has 0 aromatic heterocycles. The highest BCUT2D eigenvalue weighted by molar-refractivity contribution is 14.1. The van der Waals surface area contributed by atoms with Crippen LogP contribution in [0.1, 0.15) is 40.0 Å². The van der Waals surface area contributed by atoms with E-state index in [2.05, 4.69) is 68.6 Å². The van der Waals surface area contributed by atoms with Crippen LogP contribution in [0, 0.1) is 0 Å². The summed E-state index contributed by atoms with van der Waals surface area (Å²) in [6.07, 6.45) is 8.15. The first-order valence-electron chi connectivity index (χ1n) is 6.16. The molecular weight excluding hydrogens is 327 g/mol. The zero-order chi connectivity index (χ0) is 12.7. The molecule has 3 heteroatoms. The highest BCUT2D eigenvalue weighted by Gasteiger charge is 2.36. The molecule has 0 fully saturated rings. The summed E-state index contributed by atoms with van der Waals surface area (Å²) in [5.41, 5.74) is 0. The summed E-state index contributed by atoms with van der Waals surface area (Å²) in [6.45, 7) is 12.5. The van der Waals surface area contributed by atoms with Crippen LogP contribution in [0.5, 0.6) is 0 Å². The standard InChI is InChI=1S/C13H27IOSi/c1-13(2,3)16(4,5)15-12-10-8-6-7-9-11-14/h7,9H,6,8,10-12H2,1-5H3/b9-7-. The molecule has 0 atom stereocenters. The molecule has 0 bridgehead atoms. The quantitative estimate of drug-likeness (QED) is 0.201. The summed E-state index contributed by atoms with van der Waals surface area (Å²) < 4.78 is 7.24. The third kappa shape index (κ3) is 7.07. The van der Waals surface area contributed by atoms with E-state index in [4.69, 9.17) is 4.43 Å². The summed E-state index contributed by atoms with van der Waals surface area (Å²) in [6, 6.07) is 0. The minimum Gasteiger partial charge on any atom is -0.417 e. The van der Waals surface area contributed by atoms with Crippen LogP contribution in [0.2, 0.25) is 18.1 Å². The Hall–Kier alpha value is 0.647. The first-order valence-corrected chi connectivity index (χ1v) is 10.6. The van der Waals surface area contributed by atoms with Crippen LogP contribution in [-0.4, -0.2) is 19.4 Å². The topological polar surface area (TPSA) is 9.23 Å². The molecule has 1 nitrogen and oxygen atoms in total. The van der Waals surface area contributed by atoms with Crippen LogP contribution >= 0.6 is 22.6 Å². The van der Waals surface area contributed by atoms with Crippen molar-refractivity contribution in [2.45, 2.75) is 58.2 Å². The second kappa shape index (κ2) is 7.87. The lowest BCUT2D eigenvalue weighted by Gasteiger charge is -2.36. The second-order valence-electron chi connectivity index (χ2n) is 5.73. The van der Waals surface area contributed by atoms with Gasteiger partial charge in [-0.05, 0) is 37.4 Å². The molecule has 0 aliphatic heterocycles. The van der Waals surface area contributed by atoms with Gasteiger partial charge in [-0.3, -0.25) is 0 Å². The molecule has 0 unspecified atom stereocenters. The molecule has 0 aromatic rings. The fraction of sp³-hybridized carbons (Fsp3) is 0.846. The van der Waals surface area contributed by atoms with Gasteiger partial charge in [0.05, 0.1) is 0 Å². The van der Waals surface area contributed by atoms with E-state index in [1.165, 1.54) is 19.3 Å². The van der Waals surface area contributed by atoms with E-state index in [-0.39, 0.29) is 0 Å². The molecule has 0 aliphatic carbocycles. The molecule has 0 aliphatic rings. The van der Waals surface area contributed by atoms with Crippen LogP contribution in [0.15, 0.2) is 12.2 Å². The monoisotopic (exact) mass is 354 g/mol. The number of alkyl halides is 1. The first kappa shape index (κ1) is 16.6. The molecule has 0 saturated heterocycles. The average Bonchev–Trinajstić information content (AvgIpc) is 2.14. The van der Waals surface area contributed by atoms with Gasteiger partial charge < -0.3 is 4.43 Å². The molecule has 0 aromatic carbocycles. The zero-order valence-electron chi connectivity index (χ0n) is 11.5. The van der Waals surface area contributed by atoms with Crippen molar-refractivity contribution in [2.75, 3.05) is 11.0 Å². The van der Waals surface area contributed by atoms with E-state index in [0.717, 1.165) is 11.0 Å². The lowest BCUT2D eigenvalue weighted by molar-refractivity contribution is 0.279. The van der Waals surface area contributed by atoms with Crippen LogP contribution in [0.25, 0.3) is 0 Å². The molecule has 0 N–H and O–H groups in total. The van der Waals surface area contributed by atoms with Crippen molar-refractivity contribution in [3.05, 3.63) is 12.2 Å². The molecule has 0 heterocycles. The van der Waals surface area contributed by atoms with E-state index < -0.39 is 8.32 Å². The van der Waals surface area contributed by atoms with Gasteiger partial charge in [-0.2, -0.15) is 0 Å². The van der Waals surface area contributed by atoms with Gasteiger partial charge in [-0.1, -0.05) is 55.5 Å². The number of allylic oxidation sites excluding steroid dienone is 2. The van der Waals surface area contributed by atoms with E-state index in [1.54, 1.807) is 0 Å². The van der Waals surface area contributed by atoms with Crippen molar-refractivity contribution in [1.29, 1.82) is 0 Å². The van der Waals surface area contributed by atoms with Gasteiger partial charge >= 0.3 is 0 Å². The fourth-order valence-electron chi connectivity index (χ4n) is 1.09. The van der Waals surface area contributed by atoms with Crippen molar-refractivity contribution < 1.29 is 4.43 Å². The Kier molecular flexibility index (Phi) is 8.19. The Morgan fingerprint density at radius 2 is 1.75 bits per heavy atom. The lowest BCUT2D eigenvalue weighted by Crippen LogP contribution is -2.40. The number of hydrogen-bond acceptors (Lipinski definition) is 1. The Bertz CT molecular complexity index is 206. The fourth-order valence-corrected chi connectivity index (χ4v) is 2.54. The van der Waals surface area contributed by atoms with Gasteiger partial charge in [0.2, 0.25) is 0 Å². The van der Waals surface area contributed by atoms with Crippen LogP contribution in [0.4, 0.5) is 0 Å². The molecule has 16 heavy (non-hydrogen) atoms. The first-order chi connectivity index (χ1) is 7.31. The van der Waals surface area contributed by atoms with Gasteiger partial charge in [0.25, 0.3) is 0 Å². The largest absolute Gasteiger partial charge is 0.417 e. The van der Waals surface area contributed by atoms with Crippen molar-refractivity contribution in [1.82, 2.24) is 0 Å². The SMILES string of the molecule is CC(C)(C)[Si](C)(C)OCCCC/C=C\CI. The Labute approximate surface area is 116 Å². The van der Waals surface area contributed by atoms with Crippen LogP contribution in [-0.2, 0) is 4.43 Å². The van der Waals surface area contributed by atoms with Crippen molar-refractivity contribution in [3.8, 4) is 0 Å². The molecule has 0 amide bonds. The maximum atomic E-state index is 6.11. The number of rotatable bonds is 7. The summed E-state index contributed by atoms with van der Waals surface area (Å²) in [5.74, 6) is 0. The smallest absolute Gasteiger partial charge is 0.191 e. The van der Waals surface area contributed by atoms with Crippen LogP contribution < -0.4 is 0 Å². The molecule has 0 saturated carbocycles. The van der Waals surface area contributed by atoms with Gasteiger partial charge in [-0.25, -0.2) is 0 Å². The van der Waals surface area contributed by atoms with Crippen molar-refractivity contribution in [2.24, 2.45) is 0 Å². The molecule has 0 spiro atoms. The summed E-state index contributed by atoms with van der Waals surface area (Å²) in [4.78, 5) is 0. The molecule has 0 radical (unpaired) electrons.